The highest BCUT2D eigenvalue weighted by molar-refractivity contribution is 5.90. The zero-order chi connectivity index (χ0) is 26.0. The number of carboxylic acid groups (broad SMARTS) is 1. The Balaban J connectivity index is 1.63. The summed E-state index contributed by atoms with van der Waals surface area (Å²) in [5, 5.41) is 10.3. The van der Waals surface area contributed by atoms with Gasteiger partial charge in [0.2, 0.25) is 0 Å². The fourth-order valence-corrected chi connectivity index (χ4v) is 5.49. The Morgan fingerprint density at radius 2 is 1.69 bits per heavy atom. The predicted octanol–water partition coefficient (Wildman–Crippen LogP) is 5.83. The molecule has 0 amide bonds. The van der Waals surface area contributed by atoms with Crippen LogP contribution in [0.5, 0.6) is 5.75 Å². The van der Waals surface area contributed by atoms with Gasteiger partial charge in [0.15, 0.2) is 0 Å². The van der Waals surface area contributed by atoms with Crippen LogP contribution >= 0.6 is 0 Å². The number of piperidine rings is 1. The molecular weight excluding hydrogens is 475 g/mol. The van der Waals surface area contributed by atoms with E-state index >= 15 is 0 Å². The molecule has 1 saturated carbocycles. The number of carbonyl (C=O) groups is 2. The van der Waals surface area contributed by atoms with Crippen molar-refractivity contribution in [2.45, 2.75) is 63.8 Å². The smallest absolute Gasteiger partial charge is 0.420 e. The van der Waals surface area contributed by atoms with Crippen molar-refractivity contribution in [3.05, 3.63) is 41.5 Å². The standard InChI is InChI=1S/C27H32F3NO5/c1-16-3-7-20(8-4-16)36-22-10-6-18-15-19(5-9-21(18)23(22)27(28,29)30)24(25(32)33)31-13-11-17(12-14-31)26(34)35-2/h5-6,9-10,15-17,20,24H,3-4,7-8,11-14H2,1-2H3,(H,32,33). The zero-order valence-electron chi connectivity index (χ0n) is 20.5. The first-order valence-electron chi connectivity index (χ1n) is 12.4. The Morgan fingerprint density at radius 1 is 1.03 bits per heavy atom. The van der Waals surface area contributed by atoms with Gasteiger partial charge in [0, 0.05) is 13.1 Å². The second-order valence-electron chi connectivity index (χ2n) is 9.99. The molecule has 0 bridgehead atoms. The fraction of sp³-hybridized carbons (Fsp3) is 0.556. The third kappa shape index (κ3) is 5.61. The maximum absolute atomic E-state index is 14.2. The predicted molar refractivity (Wildman–Crippen MR) is 128 cm³/mol. The molecule has 4 rings (SSSR count). The minimum atomic E-state index is -4.62. The van der Waals surface area contributed by atoms with Gasteiger partial charge in [-0.1, -0.05) is 25.1 Å². The van der Waals surface area contributed by atoms with Crippen LogP contribution in [0.1, 0.15) is 62.6 Å². The molecule has 2 fully saturated rings. The molecule has 2 aliphatic rings. The largest absolute Gasteiger partial charge is 0.490 e. The van der Waals surface area contributed by atoms with Gasteiger partial charge in [0.05, 0.1) is 19.1 Å². The number of esters is 1. The lowest BCUT2D eigenvalue weighted by atomic mass is 9.89. The summed E-state index contributed by atoms with van der Waals surface area (Å²) in [6.45, 7) is 2.88. The van der Waals surface area contributed by atoms with Crippen molar-refractivity contribution in [2.24, 2.45) is 11.8 Å². The molecule has 196 valence electrons. The van der Waals surface area contributed by atoms with Crippen LogP contribution < -0.4 is 4.74 Å². The fourth-order valence-electron chi connectivity index (χ4n) is 5.49. The van der Waals surface area contributed by atoms with Gasteiger partial charge in [0.25, 0.3) is 0 Å². The van der Waals surface area contributed by atoms with Gasteiger partial charge in [-0.25, -0.2) is 0 Å². The molecule has 1 saturated heterocycles. The number of ether oxygens (including phenoxy) is 2. The molecule has 2 aromatic rings. The molecule has 1 aliphatic carbocycles. The summed E-state index contributed by atoms with van der Waals surface area (Å²) in [6, 6.07) is 6.21. The minimum Gasteiger partial charge on any atom is -0.490 e. The first-order valence-corrected chi connectivity index (χ1v) is 12.4. The van der Waals surface area contributed by atoms with E-state index in [1.54, 1.807) is 11.0 Å². The van der Waals surface area contributed by atoms with Crippen LogP contribution in [0.2, 0.25) is 0 Å². The van der Waals surface area contributed by atoms with Crippen molar-refractivity contribution >= 4 is 22.7 Å². The average Bonchev–Trinajstić information content (AvgIpc) is 2.84. The van der Waals surface area contributed by atoms with Crippen LogP contribution in [-0.2, 0) is 20.5 Å². The Hall–Kier alpha value is -2.81. The molecule has 9 heteroatoms. The molecule has 0 radical (unpaired) electrons. The lowest BCUT2D eigenvalue weighted by molar-refractivity contribution is -0.148. The van der Waals surface area contributed by atoms with Crippen LogP contribution in [0.4, 0.5) is 13.2 Å². The number of alkyl halides is 3. The second-order valence-corrected chi connectivity index (χ2v) is 9.99. The van der Waals surface area contributed by atoms with E-state index in [0.717, 1.165) is 25.7 Å². The van der Waals surface area contributed by atoms with E-state index < -0.39 is 23.8 Å². The Bertz CT molecular complexity index is 1100. The maximum atomic E-state index is 14.2. The number of carbonyl (C=O) groups excluding carboxylic acids is 1. The Morgan fingerprint density at radius 3 is 2.28 bits per heavy atom. The molecule has 1 N–H and O–H groups in total. The Labute approximate surface area is 208 Å². The molecule has 36 heavy (non-hydrogen) atoms. The number of rotatable bonds is 6. The molecule has 1 unspecified atom stereocenters. The van der Waals surface area contributed by atoms with E-state index in [1.165, 1.54) is 31.4 Å². The van der Waals surface area contributed by atoms with Gasteiger partial charge in [-0.15, -0.1) is 0 Å². The normalized spacial score (nSPS) is 22.8. The first kappa shape index (κ1) is 26.3. The minimum absolute atomic E-state index is 0.0125. The van der Waals surface area contributed by atoms with Crippen LogP contribution in [-0.4, -0.2) is 48.2 Å². The summed E-state index contributed by atoms with van der Waals surface area (Å²) in [4.78, 5) is 25.8. The summed E-state index contributed by atoms with van der Waals surface area (Å²) in [5.74, 6) is -1.31. The molecule has 0 spiro atoms. The second kappa shape index (κ2) is 10.7. The number of nitrogens with zero attached hydrogens (tertiary/aromatic N) is 1. The van der Waals surface area contributed by atoms with Gasteiger partial charge in [-0.3, -0.25) is 14.5 Å². The molecule has 1 heterocycles. The van der Waals surface area contributed by atoms with Crippen molar-refractivity contribution < 1.29 is 37.3 Å². The maximum Gasteiger partial charge on any atom is 0.420 e. The number of benzene rings is 2. The number of hydrogen-bond acceptors (Lipinski definition) is 5. The van der Waals surface area contributed by atoms with Gasteiger partial charge in [0.1, 0.15) is 17.4 Å². The van der Waals surface area contributed by atoms with E-state index in [9.17, 15) is 27.9 Å². The highest BCUT2D eigenvalue weighted by Crippen LogP contribution is 2.43. The number of aliphatic carboxylic acids is 1. The third-order valence-corrected chi connectivity index (χ3v) is 7.52. The van der Waals surface area contributed by atoms with E-state index in [-0.39, 0.29) is 29.1 Å². The van der Waals surface area contributed by atoms with Crippen molar-refractivity contribution in [3.63, 3.8) is 0 Å². The number of halogens is 3. The summed E-state index contributed by atoms with van der Waals surface area (Å²) in [7, 11) is 1.32. The van der Waals surface area contributed by atoms with Gasteiger partial charge < -0.3 is 14.6 Å². The summed E-state index contributed by atoms with van der Waals surface area (Å²) in [5.41, 5.74) is -0.425. The molecule has 1 aliphatic heterocycles. The molecule has 2 aromatic carbocycles. The number of likely N-dealkylation sites (tertiary alicyclic amines) is 1. The van der Waals surface area contributed by atoms with E-state index in [2.05, 4.69) is 6.92 Å². The number of hydrogen-bond donors (Lipinski definition) is 1. The van der Waals surface area contributed by atoms with Crippen molar-refractivity contribution in [3.8, 4) is 5.75 Å². The van der Waals surface area contributed by atoms with Crippen LogP contribution in [0, 0.1) is 11.8 Å². The van der Waals surface area contributed by atoms with Crippen molar-refractivity contribution in [2.75, 3.05) is 20.2 Å². The first-order chi connectivity index (χ1) is 17.1. The number of methoxy groups -OCH3 is 1. The van der Waals surface area contributed by atoms with Crippen LogP contribution in [0.3, 0.4) is 0 Å². The number of fused-ring (bicyclic) bond motifs is 1. The van der Waals surface area contributed by atoms with Crippen molar-refractivity contribution in [1.29, 1.82) is 0 Å². The van der Waals surface area contributed by atoms with E-state index in [1.807, 2.05) is 0 Å². The molecule has 1 atom stereocenters. The lowest BCUT2D eigenvalue weighted by Crippen LogP contribution is -2.41. The van der Waals surface area contributed by atoms with Gasteiger partial charge in [-0.05, 0) is 72.9 Å². The average molecular weight is 508 g/mol. The zero-order valence-corrected chi connectivity index (χ0v) is 20.5. The monoisotopic (exact) mass is 507 g/mol. The molecular formula is C27H32F3NO5. The lowest BCUT2D eigenvalue weighted by Gasteiger charge is -2.35. The van der Waals surface area contributed by atoms with E-state index in [0.29, 0.717) is 42.8 Å². The van der Waals surface area contributed by atoms with E-state index in [4.69, 9.17) is 9.47 Å². The summed E-state index contributed by atoms with van der Waals surface area (Å²) in [6.07, 6.45) is -0.646. The van der Waals surface area contributed by atoms with Crippen molar-refractivity contribution in [1.82, 2.24) is 4.90 Å². The molecule has 0 aromatic heterocycles. The van der Waals surface area contributed by atoms with Crippen LogP contribution in [0.25, 0.3) is 10.8 Å². The quantitative estimate of drug-likeness (QED) is 0.496. The summed E-state index contributed by atoms with van der Waals surface area (Å²) < 4.78 is 53.2. The van der Waals surface area contributed by atoms with Gasteiger partial charge in [-0.2, -0.15) is 13.2 Å². The topological polar surface area (TPSA) is 76.1 Å². The highest BCUT2D eigenvalue weighted by atomic mass is 19.4. The van der Waals surface area contributed by atoms with Crippen LogP contribution in [0.15, 0.2) is 30.3 Å². The van der Waals surface area contributed by atoms with Gasteiger partial charge >= 0.3 is 18.1 Å². The molecule has 6 nitrogen and oxygen atoms in total. The highest BCUT2D eigenvalue weighted by Gasteiger charge is 2.38. The number of carboxylic acids is 1. The Kier molecular flexibility index (Phi) is 7.78. The third-order valence-electron chi connectivity index (χ3n) is 7.52. The summed E-state index contributed by atoms with van der Waals surface area (Å²) >= 11 is 0. The SMILES string of the molecule is COC(=O)C1CCN(C(C(=O)O)c2ccc3c(C(F)(F)F)c(OC4CCC(C)CC4)ccc3c2)CC1.